The Morgan fingerprint density at radius 3 is 2.67 bits per heavy atom. The predicted molar refractivity (Wildman–Crippen MR) is 82.4 cm³/mol. The van der Waals surface area contributed by atoms with Gasteiger partial charge in [-0.1, -0.05) is 12.1 Å². The second-order valence-corrected chi connectivity index (χ2v) is 6.34. The van der Waals surface area contributed by atoms with Crippen LogP contribution in [-0.4, -0.2) is 41.0 Å². The van der Waals surface area contributed by atoms with E-state index in [1.807, 2.05) is 12.1 Å². The van der Waals surface area contributed by atoms with Crippen LogP contribution in [-0.2, 0) is 6.42 Å². The standard InChI is InChI=1S/C16H23N3O2/c1-12-10-14(11-18(12)15-6-7-15)17-9-8-13-2-4-16(5-3-13)19(20)21/h2-5,12,14-15,17H,6-11H2,1H3. The molecule has 114 valence electrons. The molecule has 1 saturated carbocycles. The molecular weight excluding hydrogens is 266 g/mol. The second-order valence-electron chi connectivity index (χ2n) is 6.34. The number of nitro groups is 1. The van der Waals surface area contributed by atoms with Crippen molar-refractivity contribution in [2.75, 3.05) is 13.1 Å². The van der Waals surface area contributed by atoms with Crippen LogP contribution in [0.3, 0.4) is 0 Å². The molecule has 5 nitrogen and oxygen atoms in total. The highest BCUT2D eigenvalue weighted by Gasteiger charge is 2.38. The first-order chi connectivity index (χ1) is 10.1. The Kier molecular flexibility index (Phi) is 4.22. The van der Waals surface area contributed by atoms with Gasteiger partial charge in [-0.15, -0.1) is 0 Å². The molecule has 2 unspecified atom stereocenters. The first-order valence-electron chi connectivity index (χ1n) is 7.86. The molecule has 1 N–H and O–H groups in total. The molecule has 2 atom stereocenters. The number of rotatable bonds is 6. The van der Waals surface area contributed by atoms with Crippen LogP contribution in [0.5, 0.6) is 0 Å². The molecule has 2 fully saturated rings. The first kappa shape index (κ1) is 14.5. The smallest absolute Gasteiger partial charge is 0.269 e. The molecule has 3 rings (SSSR count). The van der Waals surface area contributed by atoms with Crippen LogP contribution in [0.15, 0.2) is 24.3 Å². The molecule has 1 heterocycles. The van der Waals surface area contributed by atoms with E-state index in [0.717, 1.165) is 24.6 Å². The number of benzene rings is 1. The fourth-order valence-corrected chi connectivity index (χ4v) is 3.32. The number of nitro benzene ring substituents is 1. The van der Waals surface area contributed by atoms with Crippen molar-refractivity contribution >= 4 is 5.69 Å². The first-order valence-corrected chi connectivity index (χ1v) is 7.86. The summed E-state index contributed by atoms with van der Waals surface area (Å²) in [5.74, 6) is 0. The lowest BCUT2D eigenvalue weighted by molar-refractivity contribution is -0.384. The van der Waals surface area contributed by atoms with Gasteiger partial charge in [-0.25, -0.2) is 0 Å². The highest BCUT2D eigenvalue weighted by molar-refractivity contribution is 5.32. The quantitative estimate of drug-likeness (QED) is 0.645. The van der Waals surface area contributed by atoms with E-state index < -0.39 is 0 Å². The van der Waals surface area contributed by atoms with E-state index in [0.29, 0.717) is 12.1 Å². The van der Waals surface area contributed by atoms with Crippen LogP contribution in [0.25, 0.3) is 0 Å². The van der Waals surface area contributed by atoms with E-state index in [1.165, 1.54) is 25.8 Å². The van der Waals surface area contributed by atoms with Crippen molar-refractivity contribution in [3.63, 3.8) is 0 Å². The lowest BCUT2D eigenvalue weighted by Crippen LogP contribution is -2.35. The molecule has 1 aromatic carbocycles. The number of nitrogens with one attached hydrogen (secondary N) is 1. The maximum Gasteiger partial charge on any atom is 0.269 e. The van der Waals surface area contributed by atoms with E-state index in [9.17, 15) is 10.1 Å². The van der Waals surface area contributed by atoms with Crippen LogP contribution in [0.2, 0.25) is 0 Å². The Morgan fingerprint density at radius 1 is 1.33 bits per heavy atom. The van der Waals surface area contributed by atoms with Gasteiger partial charge in [-0.05, 0) is 44.7 Å². The lowest BCUT2D eigenvalue weighted by atomic mass is 10.1. The van der Waals surface area contributed by atoms with Crippen molar-refractivity contribution < 1.29 is 4.92 Å². The fraction of sp³-hybridized carbons (Fsp3) is 0.625. The molecule has 0 radical (unpaired) electrons. The van der Waals surface area contributed by atoms with Gasteiger partial charge in [0.15, 0.2) is 0 Å². The summed E-state index contributed by atoms with van der Waals surface area (Å²) >= 11 is 0. The fourth-order valence-electron chi connectivity index (χ4n) is 3.32. The summed E-state index contributed by atoms with van der Waals surface area (Å²) in [4.78, 5) is 12.9. The van der Waals surface area contributed by atoms with Crippen molar-refractivity contribution in [2.24, 2.45) is 0 Å². The predicted octanol–water partition coefficient (Wildman–Crippen LogP) is 2.35. The average molecular weight is 289 g/mol. The Labute approximate surface area is 125 Å². The monoisotopic (exact) mass is 289 g/mol. The van der Waals surface area contributed by atoms with Crippen LogP contribution >= 0.6 is 0 Å². The Hall–Kier alpha value is -1.46. The second kappa shape index (κ2) is 6.12. The Bertz CT molecular complexity index is 499. The summed E-state index contributed by atoms with van der Waals surface area (Å²) in [5.41, 5.74) is 1.31. The van der Waals surface area contributed by atoms with Gasteiger partial charge in [0.25, 0.3) is 5.69 Å². The minimum absolute atomic E-state index is 0.163. The minimum Gasteiger partial charge on any atom is -0.312 e. The van der Waals surface area contributed by atoms with Gasteiger partial charge >= 0.3 is 0 Å². The van der Waals surface area contributed by atoms with Crippen LogP contribution in [0.1, 0.15) is 31.7 Å². The highest BCUT2D eigenvalue weighted by Crippen LogP contribution is 2.33. The third kappa shape index (κ3) is 3.60. The maximum absolute atomic E-state index is 10.6. The van der Waals surface area contributed by atoms with Gasteiger partial charge in [0, 0.05) is 36.8 Å². The van der Waals surface area contributed by atoms with Crippen molar-refractivity contribution in [3.8, 4) is 0 Å². The molecule has 1 aliphatic carbocycles. The average Bonchev–Trinajstić information content (AvgIpc) is 3.24. The number of likely N-dealkylation sites (tertiary alicyclic amines) is 1. The minimum atomic E-state index is -0.353. The zero-order valence-corrected chi connectivity index (χ0v) is 12.5. The lowest BCUT2D eigenvalue weighted by Gasteiger charge is -2.19. The molecule has 2 aliphatic rings. The molecule has 5 heteroatoms. The Balaban J connectivity index is 1.42. The number of hydrogen-bond acceptors (Lipinski definition) is 4. The zero-order valence-electron chi connectivity index (χ0n) is 12.5. The molecular formula is C16H23N3O2. The molecule has 0 bridgehead atoms. The summed E-state index contributed by atoms with van der Waals surface area (Å²) in [6.07, 6.45) is 4.91. The Morgan fingerprint density at radius 2 is 2.05 bits per heavy atom. The van der Waals surface area contributed by atoms with Crippen molar-refractivity contribution in [2.45, 2.75) is 50.7 Å². The summed E-state index contributed by atoms with van der Waals surface area (Å²) in [6, 6.07) is 9.03. The van der Waals surface area contributed by atoms with Crippen molar-refractivity contribution in [3.05, 3.63) is 39.9 Å². The summed E-state index contributed by atoms with van der Waals surface area (Å²) in [5, 5.41) is 14.2. The summed E-state index contributed by atoms with van der Waals surface area (Å²) in [6.45, 7) is 4.44. The molecule has 1 aliphatic heterocycles. The van der Waals surface area contributed by atoms with Gasteiger partial charge in [0.05, 0.1) is 4.92 Å². The van der Waals surface area contributed by atoms with Gasteiger partial charge in [-0.2, -0.15) is 0 Å². The zero-order chi connectivity index (χ0) is 14.8. The highest BCUT2D eigenvalue weighted by atomic mass is 16.6. The van der Waals surface area contributed by atoms with Gasteiger partial charge in [-0.3, -0.25) is 15.0 Å². The van der Waals surface area contributed by atoms with Crippen molar-refractivity contribution in [1.29, 1.82) is 0 Å². The van der Waals surface area contributed by atoms with E-state index in [1.54, 1.807) is 12.1 Å². The van der Waals surface area contributed by atoms with Gasteiger partial charge in [0.1, 0.15) is 0 Å². The molecule has 0 spiro atoms. The van der Waals surface area contributed by atoms with E-state index in [4.69, 9.17) is 0 Å². The third-order valence-electron chi connectivity index (χ3n) is 4.63. The number of hydrogen-bond donors (Lipinski definition) is 1. The molecule has 1 saturated heterocycles. The normalized spacial score (nSPS) is 26.1. The molecule has 0 aromatic heterocycles. The molecule has 0 amide bonds. The molecule has 1 aromatic rings. The van der Waals surface area contributed by atoms with Crippen molar-refractivity contribution in [1.82, 2.24) is 10.2 Å². The maximum atomic E-state index is 10.6. The molecule has 21 heavy (non-hydrogen) atoms. The van der Waals surface area contributed by atoms with Crippen LogP contribution in [0.4, 0.5) is 5.69 Å². The summed E-state index contributed by atoms with van der Waals surface area (Å²) < 4.78 is 0. The largest absolute Gasteiger partial charge is 0.312 e. The number of nitrogens with zero attached hydrogens (tertiary/aromatic N) is 2. The summed E-state index contributed by atoms with van der Waals surface area (Å²) in [7, 11) is 0. The third-order valence-corrected chi connectivity index (χ3v) is 4.63. The van der Waals surface area contributed by atoms with Crippen LogP contribution < -0.4 is 5.32 Å². The SMILES string of the molecule is CC1CC(NCCc2ccc([N+](=O)[O-])cc2)CN1C1CC1. The van der Waals surface area contributed by atoms with E-state index in [2.05, 4.69) is 17.1 Å². The van der Waals surface area contributed by atoms with Gasteiger partial charge in [0.2, 0.25) is 0 Å². The van der Waals surface area contributed by atoms with E-state index in [-0.39, 0.29) is 10.6 Å². The van der Waals surface area contributed by atoms with E-state index >= 15 is 0 Å². The topological polar surface area (TPSA) is 58.4 Å². The number of non-ortho nitro benzene ring substituents is 1. The van der Waals surface area contributed by atoms with Crippen LogP contribution in [0, 0.1) is 10.1 Å². The van der Waals surface area contributed by atoms with Gasteiger partial charge < -0.3 is 5.32 Å².